The summed E-state index contributed by atoms with van der Waals surface area (Å²) in [6, 6.07) is 6.76. The van der Waals surface area contributed by atoms with Crippen LogP contribution in [-0.2, 0) is 4.79 Å². The van der Waals surface area contributed by atoms with Gasteiger partial charge in [-0.05, 0) is 37.6 Å². The van der Waals surface area contributed by atoms with Crippen LogP contribution in [0.15, 0.2) is 24.3 Å². The third-order valence-corrected chi connectivity index (χ3v) is 2.38. The standard InChI is InChI=1S/C12H18N2O2/c1-9(14-12(16)3-2-8-13)10-4-6-11(15)7-5-10/h4-7,9,15H,2-3,8,13H2,1H3,(H,14,16). The van der Waals surface area contributed by atoms with Crippen LogP contribution in [-0.4, -0.2) is 17.6 Å². The first kappa shape index (κ1) is 12.5. The Balaban J connectivity index is 2.48. The van der Waals surface area contributed by atoms with Crippen molar-refractivity contribution in [3.05, 3.63) is 29.8 Å². The molecule has 0 radical (unpaired) electrons. The molecule has 0 aliphatic heterocycles. The van der Waals surface area contributed by atoms with Crippen molar-refractivity contribution in [1.82, 2.24) is 5.32 Å². The predicted octanol–water partition coefficient (Wildman–Crippen LogP) is 1.31. The smallest absolute Gasteiger partial charge is 0.220 e. The molecule has 0 aromatic heterocycles. The lowest BCUT2D eigenvalue weighted by Gasteiger charge is -2.14. The monoisotopic (exact) mass is 222 g/mol. The summed E-state index contributed by atoms with van der Waals surface area (Å²) in [6.45, 7) is 2.44. The highest BCUT2D eigenvalue weighted by Crippen LogP contribution is 2.16. The Hall–Kier alpha value is -1.55. The van der Waals surface area contributed by atoms with Crippen molar-refractivity contribution < 1.29 is 9.90 Å². The molecule has 0 fully saturated rings. The van der Waals surface area contributed by atoms with E-state index in [1.807, 2.05) is 6.92 Å². The second-order valence-corrected chi connectivity index (χ2v) is 3.77. The summed E-state index contributed by atoms with van der Waals surface area (Å²) in [7, 11) is 0. The zero-order chi connectivity index (χ0) is 12.0. The summed E-state index contributed by atoms with van der Waals surface area (Å²) < 4.78 is 0. The Morgan fingerprint density at radius 3 is 2.62 bits per heavy atom. The van der Waals surface area contributed by atoms with Gasteiger partial charge < -0.3 is 16.2 Å². The maximum Gasteiger partial charge on any atom is 0.220 e. The first-order valence-corrected chi connectivity index (χ1v) is 5.42. The molecule has 1 aromatic carbocycles. The van der Waals surface area contributed by atoms with Crippen molar-refractivity contribution in [2.24, 2.45) is 5.73 Å². The van der Waals surface area contributed by atoms with Crippen molar-refractivity contribution in [2.45, 2.75) is 25.8 Å². The first-order chi connectivity index (χ1) is 7.63. The fourth-order valence-electron chi connectivity index (χ4n) is 1.42. The molecule has 0 aliphatic carbocycles. The molecule has 1 amide bonds. The number of nitrogens with one attached hydrogen (secondary N) is 1. The SMILES string of the molecule is CC(NC(=O)CCCN)c1ccc(O)cc1. The van der Waals surface area contributed by atoms with Gasteiger partial charge in [0.25, 0.3) is 0 Å². The molecule has 4 N–H and O–H groups in total. The molecular formula is C12H18N2O2. The Morgan fingerprint density at radius 2 is 2.06 bits per heavy atom. The van der Waals surface area contributed by atoms with E-state index in [1.165, 1.54) is 0 Å². The van der Waals surface area contributed by atoms with Gasteiger partial charge in [0, 0.05) is 6.42 Å². The molecular weight excluding hydrogens is 204 g/mol. The van der Waals surface area contributed by atoms with E-state index in [4.69, 9.17) is 10.8 Å². The highest BCUT2D eigenvalue weighted by molar-refractivity contribution is 5.76. The van der Waals surface area contributed by atoms with Crippen molar-refractivity contribution in [2.75, 3.05) is 6.54 Å². The van der Waals surface area contributed by atoms with Crippen LogP contribution in [0.1, 0.15) is 31.4 Å². The number of aromatic hydroxyl groups is 1. The quantitative estimate of drug-likeness (QED) is 0.703. The van der Waals surface area contributed by atoms with Crippen molar-refractivity contribution in [3.63, 3.8) is 0 Å². The van der Waals surface area contributed by atoms with Gasteiger partial charge in [0.1, 0.15) is 5.75 Å². The molecule has 0 spiro atoms. The highest BCUT2D eigenvalue weighted by atomic mass is 16.3. The minimum absolute atomic E-state index is 0.00558. The van der Waals surface area contributed by atoms with E-state index in [0.717, 1.165) is 5.56 Å². The summed E-state index contributed by atoms with van der Waals surface area (Å²) in [5.74, 6) is 0.233. The molecule has 88 valence electrons. The number of phenols is 1. The fraction of sp³-hybridized carbons (Fsp3) is 0.417. The molecule has 1 unspecified atom stereocenters. The summed E-state index contributed by atoms with van der Waals surface area (Å²) in [5.41, 5.74) is 6.30. The summed E-state index contributed by atoms with van der Waals surface area (Å²) in [5, 5.41) is 12.0. The molecule has 1 aromatic rings. The lowest BCUT2D eigenvalue weighted by molar-refractivity contribution is -0.121. The second kappa shape index (κ2) is 6.12. The molecule has 0 aliphatic rings. The van der Waals surface area contributed by atoms with Crippen LogP contribution in [0.5, 0.6) is 5.75 Å². The van der Waals surface area contributed by atoms with Crippen LogP contribution in [0.25, 0.3) is 0 Å². The molecule has 0 saturated heterocycles. The van der Waals surface area contributed by atoms with E-state index >= 15 is 0 Å². The second-order valence-electron chi connectivity index (χ2n) is 3.77. The fourth-order valence-corrected chi connectivity index (χ4v) is 1.42. The Kier molecular flexibility index (Phi) is 4.79. The van der Waals surface area contributed by atoms with Gasteiger partial charge in [0.2, 0.25) is 5.91 Å². The van der Waals surface area contributed by atoms with E-state index in [0.29, 0.717) is 19.4 Å². The largest absolute Gasteiger partial charge is 0.508 e. The van der Waals surface area contributed by atoms with E-state index in [1.54, 1.807) is 24.3 Å². The Bertz CT molecular complexity index is 335. The normalized spacial score (nSPS) is 12.1. The van der Waals surface area contributed by atoms with E-state index < -0.39 is 0 Å². The minimum Gasteiger partial charge on any atom is -0.508 e. The average molecular weight is 222 g/mol. The van der Waals surface area contributed by atoms with Gasteiger partial charge in [-0.15, -0.1) is 0 Å². The van der Waals surface area contributed by atoms with Gasteiger partial charge in [0.05, 0.1) is 6.04 Å². The number of nitrogens with two attached hydrogens (primary N) is 1. The Morgan fingerprint density at radius 1 is 1.44 bits per heavy atom. The number of phenolic OH excluding ortho intramolecular Hbond substituents is 1. The van der Waals surface area contributed by atoms with Gasteiger partial charge in [-0.1, -0.05) is 12.1 Å². The number of carbonyl (C=O) groups excluding carboxylic acids is 1. The van der Waals surface area contributed by atoms with Crippen LogP contribution < -0.4 is 11.1 Å². The summed E-state index contributed by atoms with van der Waals surface area (Å²) in [6.07, 6.45) is 1.16. The van der Waals surface area contributed by atoms with E-state index in [-0.39, 0.29) is 17.7 Å². The number of carbonyl (C=O) groups is 1. The number of rotatable bonds is 5. The van der Waals surface area contributed by atoms with Crippen LogP contribution in [0, 0.1) is 0 Å². The lowest BCUT2D eigenvalue weighted by atomic mass is 10.1. The van der Waals surface area contributed by atoms with Gasteiger partial charge in [-0.25, -0.2) is 0 Å². The van der Waals surface area contributed by atoms with Crippen LogP contribution in [0.3, 0.4) is 0 Å². The third-order valence-electron chi connectivity index (χ3n) is 2.38. The van der Waals surface area contributed by atoms with Crippen molar-refractivity contribution in [3.8, 4) is 5.75 Å². The molecule has 16 heavy (non-hydrogen) atoms. The molecule has 4 nitrogen and oxygen atoms in total. The molecule has 1 atom stereocenters. The van der Waals surface area contributed by atoms with Gasteiger partial charge in [0.15, 0.2) is 0 Å². The number of amides is 1. The van der Waals surface area contributed by atoms with Crippen LogP contribution in [0.2, 0.25) is 0 Å². The average Bonchev–Trinajstić information content (AvgIpc) is 2.27. The number of benzene rings is 1. The van der Waals surface area contributed by atoms with Crippen LogP contribution in [0.4, 0.5) is 0 Å². The zero-order valence-corrected chi connectivity index (χ0v) is 9.44. The van der Waals surface area contributed by atoms with E-state index in [2.05, 4.69) is 5.32 Å². The summed E-state index contributed by atoms with van der Waals surface area (Å²) >= 11 is 0. The first-order valence-electron chi connectivity index (χ1n) is 5.42. The molecule has 4 heteroatoms. The Labute approximate surface area is 95.5 Å². The molecule has 0 saturated carbocycles. The molecule has 0 bridgehead atoms. The molecule has 1 rings (SSSR count). The zero-order valence-electron chi connectivity index (χ0n) is 9.44. The van der Waals surface area contributed by atoms with Gasteiger partial charge in [-0.3, -0.25) is 4.79 Å². The third kappa shape index (κ3) is 3.90. The lowest BCUT2D eigenvalue weighted by Crippen LogP contribution is -2.26. The van der Waals surface area contributed by atoms with Gasteiger partial charge in [-0.2, -0.15) is 0 Å². The van der Waals surface area contributed by atoms with E-state index in [9.17, 15) is 4.79 Å². The number of hydrogen-bond acceptors (Lipinski definition) is 3. The topological polar surface area (TPSA) is 75.4 Å². The maximum absolute atomic E-state index is 11.4. The maximum atomic E-state index is 11.4. The molecule has 0 heterocycles. The van der Waals surface area contributed by atoms with Crippen LogP contribution >= 0.6 is 0 Å². The minimum atomic E-state index is -0.0501. The van der Waals surface area contributed by atoms with Gasteiger partial charge >= 0.3 is 0 Å². The summed E-state index contributed by atoms with van der Waals surface area (Å²) in [4.78, 5) is 11.4. The van der Waals surface area contributed by atoms with Crippen molar-refractivity contribution in [1.29, 1.82) is 0 Å². The number of hydrogen-bond donors (Lipinski definition) is 3. The highest BCUT2D eigenvalue weighted by Gasteiger charge is 2.08. The predicted molar refractivity (Wildman–Crippen MR) is 63.0 cm³/mol. The van der Waals surface area contributed by atoms with Crippen molar-refractivity contribution >= 4 is 5.91 Å².